The molecule has 1 aromatic rings. The number of ether oxygens (including phenoxy) is 1. The lowest BCUT2D eigenvalue weighted by Gasteiger charge is -2.29. The summed E-state index contributed by atoms with van der Waals surface area (Å²) in [6, 6.07) is 7.03. The molecule has 2 aliphatic rings. The molecule has 0 bridgehead atoms. The third kappa shape index (κ3) is 4.62. The molecule has 146 valence electrons. The minimum Gasteiger partial charge on any atom is -0.459 e. The summed E-state index contributed by atoms with van der Waals surface area (Å²) in [5.41, 5.74) is 2.96. The summed E-state index contributed by atoms with van der Waals surface area (Å²) in [5, 5.41) is 5.58. The van der Waals surface area contributed by atoms with E-state index in [1.807, 2.05) is 43.3 Å². The Labute approximate surface area is 161 Å². The summed E-state index contributed by atoms with van der Waals surface area (Å²) >= 11 is 0. The van der Waals surface area contributed by atoms with Crippen LogP contribution in [0.3, 0.4) is 0 Å². The molecule has 1 atom stereocenters. The number of nitrogens with zero attached hydrogens (tertiary/aromatic N) is 1. The van der Waals surface area contributed by atoms with Crippen LogP contribution in [0.2, 0.25) is 0 Å². The van der Waals surface area contributed by atoms with Gasteiger partial charge in [0.25, 0.3) is 0 Å². The molecule has 1 fully saturated rings. The van der Waals surface area contributed by atoms with Crippen molar-refractivity contribution in [3.05, 3.63) is 41.1 Å². The second kappa shape index (κ2) is 8.46. The lowest BCUT2D eigenvalue weighted by atomic mass is 9.95. The fraction of sp³-hybridized carbons (Fsp3) is 0.524. The first-order chi connectivity index (χ1) is 13.0. The maximum atomic E-state index is 13.0. The van der Waals surface area contributed by atoms with E-state index in [0.717, 1.165) is 36.9 Å². The summed E-state index contributed by atoms with van der Waals surface area (Å²) in [7, 11) is 3.95. The molecule has 6 heteroatoms. The average molecular weight is 371 g/mol. The van der Waals surface area contributed by atoms with Crippen molar-refractivity contribution in [1.29, 1.82) is 0 Å². The first-order valence-corrected chi connectivity index (χ1v) is 9.72. The van der Waals surface area contributed by atoms with E-state index < -0.39 is 6.04 Å². The topological polar surface area (TPSA) is 70.7 Å². The van der Waals surface area contributed by atoms with Gasteiger partial charge in [0.2, 0.25) is 0 Å². The number of anilines is 1. The van der Waals surface area contributed by atoms with Crippen LogP contribution in [-0.4, -0.2) is 32.2 Å². The van der Waals surface area contributed by atoms with Gasteiger partial charge in [-0.1, -0.05) is 25.0 Å². The van der Waals surface area contributed by atoms with Crippen LogP contribution in [-0.2, 0) is 9.53 Å². The summed E-state index contributed by atoms with van der Waals surface area (Å²) < 4.78 is 5.83. The van der Waals surface area contributed by atoms with E-state index >= 15 is 0 Å². The van der Waals surface area contributed by atoms with E-state index in [2.05, 4.69) is 10.6 Å². The molecule has 1 aromatic carbocycles. The number of hydrogen-bond donors (Lipinski definition) is 2. The minimum absolute atomic E-state index is 0.0327. The van der Waals surface area contributed by atoms with E-state index in [9.17, 15) is 9.59 Å². The highest BCUT2D eigenvalue weighted by Crippen LogP contribution is 2.30. The van der Waals surface area contributed by atoms with Gasteiger partial charge in [0.1, 0.15) is 6.10 Å². The molecule has 3 rings (SSSR count). The Bertz CT molecular complexity index is 717. The van der Waals surface area contributed by atoms with Crippen molar-refractivity contribution < 1.29 is 14.3 Å². The van der Waals surface area contributed by atoms with Gasteiger partial charge >= 0.3 is 12.0 Å². The fourth-order valence-corrected chi connectivity index (χ4v) is 3.75. The highest BCUT2D eigenvalue weighted by molar-refractivity contribution is 5.95. The third-order valence-corrected chi connectivity index (χ3v) is 5.31. The Morgan fingerprint density at radius 1 is 1.07 bits per heavy atom. The van der Waals surface area contributed by atoms with Gasteiger partial charge in [-0.2, -0.15) is 0 Å². The number of carbonyl (C=O) groups is 2. The molecule has 2 amide bonds. The molecule has 27 heavy (non-hydrogen) atoms. The molecule has 0 spiro atoms. The van der Waals surface area contributed by atoms with Crippen molar-refractivity contribution in [2.24, 2.45) is 0 Å². The van der Waals surface area contributed by atoms with Crippen LogP contribution < -0.4 is 15.5 Å². The summed E-state index contributed by atoms with van der Waals surface area (Å²) in [5.74, 6) is -0.339. The molecule has 1 saturated carbocycles. The van der Waals surface area contributed by atoms with Crippen LogP contribution in [0.15, 0.2) is 35.5 Å². The smallest absolute Gasteiger partial charge is 0.338 e. The third-order valence-electron chi connectivity index (χ3n) is 5.31. The zero-order valence-electron chi connectivity index (χ0n) is 16.4. The monoisotopic (exact) mass is 371 g/mol. The van der Waals surface area contributed by atoms with Crippen LogP contribution >= 0.6 is 0 Å². The second-order valence-corrected chi connectivity index (χ2v) is 7.57. The van der Waals surface area contributed by atoms with E-state index in [1.165, 1.54) is 12.8 Å². The van der Waals surface area contributed by atoms with E-state index in [-0.39, 0.29) is 18.1 Å². The molecule has 0 aromatic heterocycles. The van der Waals surface area contributed by atoms with E-state index in [0.29, 0.717) is 11.3 Å². The zero-order valence-corrected chi connectivity index (χ0v) is 16.4. The number of carbonyl (C=O) groups excluding carboxylic acids is 2. The highest BCUT2D eigenvalue weighted by atomic mass is 16.5. The number of nitrogens with one attached hydrogen (secondary N) is 2. The van der Waals surface area contributed by atoms with Crippen LogP contribution in [0.25, 0.3) is 0 Å². The van der Waals surface area contributed by atoms with E-state index in [4.69, 9.17) is 4.74 Å². The molecular weight excluding hydrogens is 342 g/mol. The number of urea groups is 1. The Hall–Kier alpha value is -2.50. The Morgan fingerprint density at radius 2 is 1.70 bits per heavy atom. The summed E-state index contributed by atoms with van der Waals surface area (Å²) in [6.07, 6.45) is 6.40. The van der Waals surface area contributed by atoms with Gasteiger partial charge in [0, 0.05) is 25.5 Å². The fourth-order valence-electron chi connectivity index (χ4n) is 3.75. The van der Waals surface area contributed by atoms with Crippen molar-refractivity contribution in [2.75, 3.05) is 19.0 Å². The zero-order chi connectivity index (χ0) is 19.4. The van der Waals surface area contributed by atoms with Crippen LogP contribution in [0.1, 0.15) is 57.1 Å². The van der Waals surface area contributed by atoms with Crippen LogP contribution in [0.4, 0.5) is 10.5 Å². The minimum atomic E-state index is -0.506. The van der Waals surface area contributed by atoms with Crippen molar-refractivity contribution >= 4 is 17.7 Å². The number of rotatable bonds is 4. The molecular formula is C21H29N3O3. The standard InChI is InChI=1S/C21H29N3O3/c1-14-18(20(25)27-17-8-6-4-5-7-9-17)19(23-21(26)22-14)15-10-12-16(13-11-15)24(2)3/h10-13,17,19H,4-9H2,1-3H3,(H2,22,23,26)/t19-/m1/s1. The van der Waals surface area contributed by atoms with Gasteiger partial charge in [-0.15, -0.1) is 0 Å². The first kappa shape index (κ1) is 19.3. The number of amides is 2. The van der Waals surface area contributed by atoms with Gasteiger partial charge in [-0.25, -0.2) is 9.59 Å². The summed E-state index contributed by atoms with van der Waals surface area (Å²) in [4.78, 5) is 27.0. The Morgan fingerprint density at radius 3 is 2.30 bits per heavy atom. The maximum Gasteiger partial charge on any atom is 0.338 e. The first-order valence-electron chi connectivity index (χ1n) is 9.72. The molecule has 2 N–H and O–H groups in total. The van der Waals surface area contributed by atoms with Gasteiger partial charge in [-0.3, -0.25) is 0 Å². The second-order valence-electron chi connectivity index (χ2n) is 7.57. The lowest BCUT2D eigenvalue weighted by molar-refractivity contribution is -0.145. The number of esters is 1. The Kier molecular flexibility index (Phi) is 6.04. The van der Waals surface area contributed by atoms with Gasteiger partial charge in [0.05, 0.1) is 11.6 Å². The quantitative estimate of drug-likeness (QED) is 0.626. The van der Waals surface area contributed by atoms with Gasteiger partial charge in [0.15, 0.2) is 0 Å². The van der Waals surface area contributed by atoms with E-state index in [1.54, 1.807) is 6.92 Å². The molecule has 0 radical (unpaired) electrons. The molecule has 1 aliphatic heterocycles. The molecule has 1 heterocycles. The molecule has 1 aliphatic carbocycles. The SMILES string of the molecule is CC1=C(C(=O)OC2CCCCCC2)[C@@H](c2ccc(N(C)C)cc2)NC(=O)N1. The molecule has 6 nitrogen and oxygen atoms in total. The van der Waals surface area contributed by atoms with Crippen molar-refractivity contribution in [1.82, 2.24) is 10.6 Å². The molecule has 0 saturated heterocycles. The molecule has 0 unspecified atom stereocenters. The van der Waals surface area contributed by atoms with Gasteiger partial charge < -0.3 is 20.3 Å². The average Bonchev–Trinajstić information content (AvgIpc) is 2.89. The van der Waals surface area contributed by atoms with Crippen LogP contribution in [0, 0.1) is 0 Å². The van der Waals surface area contributed by atoms with Gasteiger partial charge in [-0.05, 0) is 50.3 Å². The highest BCUT2D eigenvalue weighted by Gasteiger charge is 2.33. The predicted octanol–water partition coefficient (Wildman–Crippen LogP) is 3.65. The largest absolute Gasteiger partial charge is 0.459 e. The number of hydrogen-bond acceptors (Lipinski definition) is 4. The number of benzene rings is 1. The Balaban J connectivity index is 1.83. The predicted molar refractivity (Wildman–Crippen MR) is 105 cm³/mol. The van der Waals surface area contributed by atoms with Crippen LogP contribution in [0.5, 0.6) is 0 Å². The number of allylic oxidation sites excluding steroid dienone is 1. The summed E-state index contributed by atoms with van der Waals surface area (Å²) in [6.45, 7) is 1.75. The van der Waals surface area contributed by atoms with Crippen molar-refractivity contribution in [3.8, 4) is 0 Å². The normalized spacial score (nSPS) is 21.1. The maximum absolute atomic E-state index is 13.0. The van der Waals surface area contributed by atoms with Crippen molar-refractivity contribution in [3.63, 3.8) is 0 Å². The lowest BCUT2D eigenvalue weighted by Crippen LogP contribution is -2.45. The van der Waals surface area contributed by atoms with Crippen molar-refractivity contribution in [2.45, 2.75) is 57.6 Å².